The second-order valence-corrected chi connectivity index (χ2v) is 7.42. The number of likely N-dealkylation sites (N-methyl/N-ethyl adjacent to an activating group) is 1. The van der Waals surface area contributed by atoms with Crippen molar-refractivity contribution in [3.8, 4) is 0 Å². The summed E-state index contributed by atoms with van der Waals surface area (Å²) in [4.78, 5) is 33.4. The van der Waals surface area contributed by atoms with E-state index in [1.54, 1.807) is 6.08 Å². The van der Waals surface area contributed by atoms with Crippen LogP contribution in [-0.2, 0) is 4.79 Å². The van der Waals surface area contributed by atoms with Crippen LogP contribution in [-0.4, -0.2) is 89.9 Å². The van der Waals surface area contributed by atoms with E-state index >= 15 is 0 Å². The Hall–Kier alpha value is -1.56. The van der Waals surface area contributed by atoms with E-state index in [4.69, 9.17) is 0 Å². The van der Waals surface area contributed by atoms with Crippen LogP contribution in [0, 0.1) is 0 Å². The number of carbonyl (C=O) groups is 2. The number of likely N-dealkylation sites (tertiary alicyclic amines) is 2. The summed E-state index contributed by atoms with van der Waals surface area (Å²) in [7, 11) is 2.14. The van der Waals surface area contributed by atoms with Crippen LogP contribution >= 0.6 is 0 Å². The Labute approximate surface area is 145 Å². The number of hydrogen-bond donors (Lipinski definition) is 0. The first-order valence-corrected chi connectivity index (χ1v) is 9.19. The van der Waals surface area contributed by atoms with Crippen LogP contribution in [0.3, 0.4) is 0 Å². The fraction of sp³-hybridized carbons (Fsp3) is 0.778. The van der Waals surface area contributed by atoms with Crippen LogP contribution in [0.25, 0.3) is 0 Å². The average Bonchev–Trinajstić information content (AvgIpc) is 3.07. The summed E-state index contributed by atoms with van der Waals surface area (Å²) in [5.41, 5.74) is -0.0702. The minimum Gasteiger partial charge on any atom is -0.339 e. The van der Waals surface area contributed by atoms with Gasteiger partial charge in [-0.05, 0) is 32.7 Å². The van der Waals surface area contributed by atoms with Gasteiger partial charge in [0.05, 0.1) is 0 Å². The zero-order chi connectivity index (χ0) is 17.2. The van der Waals surface area contributed by atoms with Gasteiger partial charge in [-0.1, -0.05) is 6.08 Å². The lowest BCUT2D eigenvalue weighted by Gasteiger charge is -2.49. The SMILES string of the molecule is C=CCN1CC[C@]2(CCC1=O)CN(C(=O)N1CCCC1)CCN2C. The van der Waals surface area contributed by atoms with Crippen molar-refractivity contribution < 1.29 is 9.59 Å². The molecule has 0 bridgehead atoms. The van der Waals surface area contributed by atoms with Gasteiger partial charge in [0.2, 0.25) is 5.91 Å². The lowest BCUT2D eigenvalue weighted by Crippen LogP contribution is -2.63. The van der Waals surface area contributed by atoms with E-state index in [9.17, 15) is 9.59 Å². The zero-order valence-electron chi connectivity index (χ0n) is 14.9. The third kappa shape index (κ3) is 3.29. The zero-order valence-corrected chi connectivity index (χ0v) is 14.9. The van der Waals surface area contributed by atoms with Crippen molar-refractivity contribution in [3.05, 3.63) is 12.7 Å². The first-order chi connectivity index (χ1) is 11.6. The highest BCUT2D eigenvalue weighted by Crippen LogP contribution is 2.32. The molecule has 3 fully saturated rings. The molecule has 3 heterocycles. The van der Waals surface area contributed by atoms with E-state index < -0.39 is 0 Å². The third-order valence-electron chi connectivity index (χ3n) is 6.00. The smallest absolute Gasteiger partial charge is 0.320 e. The van der Waals surface area contributed by atoms with Crippen LogP contribution in [0.5, 0.6) is 0 Å². The van der Waals surface area contributed by atoms with Gasteiger partial charge in [0, 0.05) is 57.8 Å². The molecule has 0 aromatic carbocycles. The molecule has 3 aliphatic heterocycles. The number of hydrogen-bond acceptors (Lipinski definition) is 3. The maximum Gasteiger partial charge on any atom is 0.320 e. The highest BCUT2D eigenvalue weighted by Gasteiger charge is 2.44. The van der Waals surface area contributed by atoms with Crippen molar-refractivity contribution in [2.75, 3.05) is 52.9 Å². The molecular weight excluding hydrogens is 304 g/mol. The number of amides is 3. The Morgan fingerprint density at radius 3 is 2.58 bits per heavy atom. The van der Waals surface area contributed by atoms with Crippen molar-refractivity contribution >= 4 is 11.9 Å². The topological polar surface area (TPSA) is 47.1 Å². The highest BCUT2D eigenvalue weighted by molar-refractivity contribution is 5.77. The molecule has 3 saturated heterocycles. The Bertz CT molecular complexity index is 503. The Kier molecular flexibility index (Phi) is 5.13. The quantitative estimate of drug-likeness (QED) is 0.717. The minimum atomic E-state index is -0.0702. The molecule has 1 atom stereocenters. The van der Waals surface area contributed by atoms with Crippen LogP contribution in [0.15, 0.2) is 12.7 Å². The molecule has 0 aromatic heterocycles. The standard InChI is InChI=1S/C18H30N4O2/c1-3-9-20-12-8-18(7-6-16(20)23)15-22(14-13-19(18)2)17(24)21-10-4-5-11-21/h3H,1,4-15H2,2H3/t18-/m1/s1. The third-order valence-corrected chi connectivity index (χ3v) is 6.00. The van der Waals surface area contributed by atoms with Crippen LogP contribution < -0.4 is 0 Å². The van der Waals surface area contributed by atoms with Gasteiger partial charge in [-0.3, -0.25) is 9.69 Å². The molecule has 134 valence electrons. The Balaban J connectivity index is 1.71. The van der Waals surface area contributed by atoms with Crippen LogP contribution in [0.4, 0.5) is 4.79 Å². The molecule has 3 aliphatic rings. The summed E-state index contributed by atoms with van der Waals surface area (Å²) in [5, 5.41) is 0. The molecule has 1 spiro atoms. The van der Waals surface area contributed by atoms with Crippen molar-refractivity contribution in [3.63, 3.8) is 0 Å². The van der Waals surface area contributed by atoms with Gasteiger partial charge in [-0.2, -0.15) is 0 Å². The first kappa shape index (κ1) is 17.3. The van der Waals surface area contributed by atoms with E-state index in [1.165, 1.54) is 0 Å². The van der Waals surface area contributed by atoms with Gasteiger partial charge in [-0.25, -0.2) is 4.79 Å². The summed E-state index contributed by atoms with van der Waals surface area (Å²) in [6, 6.07) is 0.193. The summed E-state index contributed by atoms with van der Waals surface area (Å²) in [6.45, 7) is 9.33. The predicted molar refractivity (Wildman–Crippen MR) is 93.8 cm³/mol. The van der Waals surface area contributed by atoms with E-state index in [2.05, 4.69) is 18.5 Å². The Morgan fingerprint density at radius 1 is 1.12 bits per heavy atom. The molecule has 6 heteroatoms. The lowest BCUT2D eigenvalue weighted by atomic mass is 9.86. The highest BCUT2D eigenvalue weighted by atomic mass is 16.2. The van der Waals surface area contributed by atoms with Crippen LogP contribution in [0.2, 0.25) is 0 Å². The molecule has 24 heavy (non-hydrogen) atoms. The summed E-state index contributed by atoms with van der Waals surface area (Å²) in [5.74, 6) is 0.211. The average molecular weight is 334 g/mol. The molecule has 0 saturated carbocycles. The summed E-state index contributed by atoms with van der Waals surface area (Å²) in [6.07, 6.45) is 6.35. The van der Waals surface area contributed by atoms with Crippen LogP contribution in [0.1, 0.15) is 32.1 Å². The number of carbonyl (C=O) groups excluding carboxylic acids is 2. The van der Waals surface area contributed by atoms with E-state index in [0.29, 0.717) is 13.0 Å². The molecular formula is C18H30N4O2. The summed E-state index contributed by atoms with van der Waals surface area (Å²) >= 11 is 0. The Morgan fingerprint density at radius 2 is 1.88 bits per heavy atom. The van der Waals surface area contributed by atoms with Crippen molar-refractivity contribution in [2.24, 2.45) is 0 Å². The van der Waals surface area contributed by atoms with Crippen molar-refractivity contribution in [1.29, 1.82) is 0 Å². The fourth-order valence-electron chi connectivity index (χ4n) is 4.31. The number of nitrogens with zero attached hydrogens (tertiary/aromatic N) is 4. The minimum absolute atomic E-state index is 0.0702. The monoisotopic (exact) mass is 334 g/mol. The molecule has 0 aromatic rings. The largest absolute Gasteiger partial charge is 0.339 e. The van der Waals surface area contributed by atoms with Gasteiger partial charge in [0.1, 0.15) is 0 Å². The maximum atomic E-state index is 12.8. The normalized spacial score (nSPS) is 29.2. The molecule has 0 N–H and O–H groups in total. The van der Waals surface area contributed by atoms with Gasteiger partial charge in [0.15, 0.2) is 0 Å². The second kappa shape index (κ2) is 7.13. The van der Waals surface area contributed by atoms with E-state index in [-0.39, 0.29) is 17.5 Å². The van der Waals surface area contributed by atoms with Gasteiger partial charge >= 0.3 is 6.03 Å². The van der Waals surface area contributed by atoms with E-state index in [1.807, 2.05) is 14.7 Å². The molecule has 0 unspecified atom stereocenters. The van der Waals surface area contributed by atoms with Gasteiger partial charge in [0.25, 0.3) is 0 Å². The fourth-order valence-corrected chi connectivity index (χ4v) is 4.31. The lowest BCUT2D eigenvalue weighted by molar-refractivity contribution is -0.130. The first-order valence-electron chi connectivity index (χ1n) is 9.19. The second-order valence-electron chi connectivity index (χ2n) is 7.42. The predicted octanol–water partition coefficient (Wildman–Crippen LogP) is 1.39. The maximum absolute atomic E-state index is 12.8. The summed E-state index contributed by atoms with van der Waals surface area (Å²) < 4.78 is 0. The molecule has 0 radical (unpaired) electrons. The molecule has 0 aliphatic carbocycles. The van der Waals surface area contributed by atoms with E-state index in [0.717, 1.165) is 65.0 Å². The number of rotatable bonds is 2. The van der Waals surface area contributed by atoms with Gasteiger partial charge < -0.3 is 14.7 Å². The van der Waals surface area contributed by atoms with Gasteiger partial charge in [-0.15, -0.1) is 6.58 Å². The number of piperazine rings is 1. The molecule has 3 rings (SSSR count). The number of urea groups is 1. The molecule has 3 amide bonds. The molecule has 6 nitrogen and oxygen atoms in total. The van der Waals surface area contributed by atoms with Crippen molar-refractivity contribution in [1.82, 2.24) is 19.6 Å². The van der Waals surface area contributed by atoms with Crippen molar-refractivity contribution in [2.45, 2.75) is 37.6 Å².